The lowest BCUT2D eigenvalue weighted by molar-refractivity contribution is -0.139. The van der Waals surface area contributed by atoms with Crippen molar-refractivity contribution < 1.29 is 9.53 Å². The normalized spacial score (nSPS) is 11.9. The average molecular weight is 261 g/mol. The molecule has 0 aromatic carbocycles. The molecule has 0 amide bonds. The van der Waals surface area contributed by atoms with Gasteiger partial charge in [0.25, 0.3) is 0 Å². The van der Waals surface area contributed by atoms with E-state index in [0.29, 0.717) is 8.62 Å². The largest absolute Gasteiger partial charge is 0.469 e. The van der Waals surface area contributed by atoms with Crippen molar-refractivity contribution in [2.45, 2.75) is 13.3 Å². The molecule has 0 aliphatic heterocycles. The molecule has 5 heteroatoms. The van der Waals surface area contributed by atoms with Crippen LogP contribution >= 0.6 is 27.7 Å². The van der Waals surface area contributed by atoms with E-state index >= 15 is 0 Å². The van der Waals surface area contributed by atoms with Crippen LogP contribution in [0.25, 0.3) is 0 Å². The van der Waals surface area contributed by atoms with E-state index in [0.717, 1.165) is 5.57 Å². The van der Waals surface area contributed by atoms with Gasteiger partial charge in [-0.05, 0) is 22.9 Å². The lowest BCUT2D eigenvalue weighted by Gasteiger charge is -2.05. The molecule has 0 atom stereocenters. The Hall–Kier alpha value is -0.155. The van der Waals surface area contributed by atoms with Crippen LogP contribution in [0.1, 0.15) is 13.3 Å². The average Bonchev–Trinajstić information content (AvgIpc) is 2.02. The summed E-state index contributed by atoms with van der Waals surface area (Å²) < 4.78 is 5.22. The molecular formula is C8H10BBrO2S. The molecule has 0 saturated carbocycles. The van der Waals surface area contributed by atoms with Gasteiger partial charge in [0, 0.05) is 3.81 Å². The number of thioether (sulfide) groups is 1. The van der Waals surface area contributed by atoms with Crippen LogP contribution in [0.5, 0.6) is 0 Å². The van der Waals surface area contributed by atoms with Crippen LogP contribution in [0.4, 0.5) is 0 Å². The number of hydrogen-bond donors (Lipinski definition) is 0. The van der Waals surface area contributed by atoms with Gasteiger partial charge < -0.3 is 4.74 Å². The Bertz CT molecular complexity index is 251. The summed E-state index contributed by atoms with van der Waals surface area (Å²) in [5.41, 5.74) is 0.789. The number of esters is 1. The van der Waals surface area contributed by atoms with Gasteiger partial charge >= 0.3 is 5.97 Å². The maximum atomic E-state index is 10.9. The Kier molecular flexibility index (Phi) is 6.25. The summed E-state index contributed by atoms with van der Waals surface area (Å²) in [6, 6.07) is 0. The Morgan fingerprint density at radius 3 is 2.62 bits per heavy atom. The van der Waals surface area contributed by atoms with Gasteiger partial charge in [-0.1, -0.05) is 28.7 Å². The molecule has 0 unspecified atom stereocenters. The number of ether oxygens (including phenoxy) is 1. The Balaban J connectivity index is 4.26. The first-order chi connectivity index (χ1) is 5.97. The minimum Gasteiger partial charge on any atom is -0.469 e. The van der Waals surface area contributed by atoms with Crippen molar-refractivity contribution in [2.24, 2.45) is 0 Å². The molecule has 0 saturated heterocycles. The van der Waals surface area contributed by atoms with Crippen molar-refractivity contribution in [1.82, 2.24) is 0 Å². The quantitative estimate of drug-likeness (QED) is 0.574. The van der Waals surface area contributed by atoms with E-state index in [1.165, 1.54) is 18.9 Å². The smallest absolute Gasteiger partial charge is 0.309 e. The SMILES string of the molecule is [B]/C(SC(=C)Br)=C(/C)CC(=O)OC. The fraction of sp³-hybridized carbons (Fsp3) is 0.375. The van der Waals surface area contributed by atoms with Gasteiger partial charge in [-0.3, -0.25) is 4.79 Å². The molecular weight excluding hydrogens is 251 g/mol. The van der Waals surface area contributed by atoms with Crippen molar-refractivity contribution in [1.29, 1.82) is 0 Å². The maximum Gasteiger partial charge on any atom is 0.309 e. The third kappa shape index (κ3) is 5.99. The van der Waals surface area contributed by atoms with Crippen molar-refractivity contribution in [3.63, 3.8) is 0 Å². The number of carbonyl (C=O) groups is 1. The van der Waals surface area contributed by atoms with Gasteiger partial charge in [0.15, 0.2) is 0 Å². The highest BCUT2D eigenvalue weighted by atomic mass is 79.9. The lowest BCUT2D eigenvalue weighted by atomic mass is 10.0. The second kappa shape index (κ2) is 6.32. The van der Waals surface area contributed by atoms with Crippen molar-refractivity contribution in [3.05, 3.63) is 20.8 Å². The molecule has 2 radical (unpaired) electrons. The van der Waals surface area contributed by atoms with Crippen LogP contribution in [0.3, 0.4) is 0 Å². The standard InChI is InChI=1S/C8H10BBrO2S/c1-5(4-7(11)12-3)8(9)13-6(2)10/h2,4H2,1,3H3/b8-5+. The molecule has 0 aromatic rings. The summed E-state index contributed by atoms with van der Waals surface area (Å²) in [7, 11) is 7.01. The van der Waals surface area contributed by atoms with Gasteiger partial charge in [-0.15, -0.1) is 0 Å². The molecule has 0 bridgehead atoms. The van der Waals surface area contributed by atoms with Crippen LogP contribution in [-0.2, 0) is 9.53 Å². The number of carbonyl (C=O) groups excluding carboxylic acids is 1. The summed E-state index contributed by atoms with van der Waals surface area (Å²) in [4.78, 5) is 11.4. The molecule has 0 aliphatic rings. The summed E-state index contributed by atoms with van der Waals surface area (Å²) in [6.07, 6.45) is 0.218. The van der Waals surface area contributed by atoms with Crippen LogP contribution in [0.15, 0.2) is 20.8 Å². The minimum absolute atomic E-state index is 0.218. The molecule has 0 fully saturated rings. The Morgan fingerprint density at radius 1 is 1.69 bits per heavy atom. The highest BCUT2D eigenvalue weighted by Crippen LogP contribution is 2.28. The second-order valence-electron chi connectivity index (χ2n) is 2.35. The second-order valence-corrected chi connectivity index (χ2v) is 4.97. The van der Waals surface area contributed by atoms with Gasteiger partial charge in [-0.25, -0.2) is 0 Å². The fourth-order valence-electron chi connectivity index (χ4n) is 0.582. The molecule has 0 heterocycles. The lowest BCUT2D eigenvalue weighted by Crippen LogP contribution is -2.01. The first-order valence-electron chi connectivity index (χ1n) is 3.51. The zero-order valence-electron chi connectivity index (χ0n) is 7.59. The number of methoxy groups -OCH3 is 1. The van der Waals surface area contributed by atoms with Gasteiger partial charge in [-0.2, -0.15) is 0 Å². The van der Waals surface area contributed by atoms with Crippen molar-refractivity contribution in [3.8, 4) is 0 Å². The topological polar surface area (TPSA) is 26.3 Å². The van der Waals surface area contributed by atoms with Crippen LogP contribution in [0.2, 0.25) is 0 Å². The van der Waals surface area contributed by atoms with E-state index in [4.69, 9.17) is 7.85 Å². The molecule has 0 spiro atoms. The monoisotopic (exact) mass is 260 g/mol. The predicted molar refractivity (Wildman–Crippen MR) is 60.7 cm³/mol. The predicted octanol–water partition coefficient (Wildman–Crippen LogP) is 2.55. The molecule has 0 aliphatic carbocycles. The van der Waals surface area contributed by atoms with E-state index in [9.17, 15) is 4.79 Å². The Morgan fingerprint density at radius 2 is 2.23 bits per heavy atom. The van der Waals surface area contributed by atoms with Gasteiger partial charge in [0.2, 0.25) is 0 Å². The molecule has 0 rings (SSSR count). The minimum atomic E-state index is -0.291. The van der Waals surface area contributed by atoms with E-state index < -0.39 is 0 Å². The van der Waals surface area contributed by atoms with Gasteiger partial charge in [0.1, 0.15) is 7.85 Å². The van der Waals surface area contributed by atoms with E-state index in [1.54, 1.807) is 6.92 Å². The van der Waals surface area contributed by atoms with E-state index in [2.05, 4.69) is 27.2 Å². The van der Waals surface area contributed by atoms with Crippen molar-refractivity contribution in [2.75, 3.05) is 7.11 Å². The zero-order valence-corrected chi connectivity index (χ0v) is 10.00. The zero-order chi connectivity index (χ0) is 10.4. The summed E-state index contributed by atoms with van der Waals surface area (Å²) >= 11 is 4.45. The number of halogens is 1. The Labute approximate surface area is 92.3 Å². The van der Waals surface area contributed by atoms with Crippen LogP contribution in [0, 0.1) is 0 Å². The molecule has 70 valence electrons. The third-order valence-corrected chi connectivity index (χ3v) is 2.55. The summed E-state index contributed by atoms with van der Waals surface area (Å²) in [5, 5.41) is 0. The van der Waals surface area contributed by atoms with Crippen LogP contribution in [-0.4, -0.2) is 20.9 Å². The highest BCUT2D eigenvalue weighted by Gasteiger charge is 2.04. The first kappa shape index (κ1) is 12.8. The number of hydrogen-bond acceptors (Lipinski definition) is 3. The summed E-state index contributed by atoms with van der Waals surface area (Å²) in [5.74, 6) is -0.291. The highest BCUT2D eigenvalue weighted by molar-refractivity contribution is 9.14. The third-order valence-electron chi connectivity index (χ3n) is 1.28. The fourth-order valence-corrected chi connectivity index (χ4v) is 1.59. The molecule has 0 aromatic heterocycles. The maximum absolute atomic E-state index is 10.9. The molecule has 0 N–H and O–H groups in total. The van der Waals surface area contributed by atoms with Gasteiger partial charge in [0.05, 0.1) is 13.5 Å². The summed E-state index contributed by atoms with van der Waals surface area (Å²) in [6.45, 7) is 5.41. The van der Waals surface area contributed by atoms with Crippen LogP contribution < -0.4 is 0 Å². The van der Waals surface area contributed by atoms with Crippen molar-refractivity contribution >= 4 is 41.5 Å². The van der Waals surface area contributed by atoms with E-state index in [-0.39, 0.29) is 12.4 Å². The molecule has 13 heavy (non-hydrogen) atoms. The first-order valence-corrected chi connectivity index (χ1v) is 5.12. The number of rotatable bonds is 4. The van der Waals surface area contributed by atoms with E-state index in [1.807, 2.05) is 0 Å². The molecule has 2 nitrogen and oxygen atoms in total.